The van der Waals surface area contributed by atoms with Crippen LogP contribution in [0.15, 0.2) is 0 Å². The number of unbranched alkanes of at least 4 members (excludes halogenated alkanes) is 4. The van der Waals surface area contributed by atoms with Gasteiger partial charge in [-0.05, 0) is 213 Å². The largest absolute Gasteiger partial charge is 0.378 e. The predicted molar refractivity (Wildman–Crippen MR) is 263 cm³/mol. The minimum atomic E-state index is 0.465. The average molecular weight is 861 g/mol. The Hall–Kier alpha value is -0.160. The summed E-state index contributed by atoms with van der Waals surface area (Å²) in [5.74, 6) is 8.73. The summed E-state index contributed by atoms with van der Waals surface area (Å²) in [4.78, 5) is 6.76. The van der Waals surface area contributed by atoms with Crippen LogP contribution in [-0.2, 0) is 9.47 Å². The minimum Gasteiger partial charge on any atom is -0.378 e. The molecule has 0 heterocycles. The smallest absolute Gasteiger partial charge is 0.0621 e. The molecule has 10 unspecified atom stereocenters. The summed E-state index contributed by atoms with van der Waals surface area (Å²) in [5, 5.41) is 0. The molecule has 8 fully saturated rings. The molecule has 0 radical (unpaired) electrons. The third kappa shape index (κ3) is 11.2. The summed E-state index contributed by atoms with van der Waals surface area (Å²) in [6, 6.07) is 4.68. The number of hydrogen-bond donors (Lipinski definition) is 0. The van der Waals surface area contributed by atoms with Gasteiger partial charge in [0, 0.05) is 49.5 Å². The fourth-order valence-electron chi connectivity index (χ4n) is 17.3. The molecule has 8 aliphatic rings. The Balaban J connectivity index is 1.13. The van der Waals surface area contributed by atoms with Crippen LogP contribution >= 0.6 is 0 Å². The molecule has 0 N–H and O–H groups in total. The first-order valence-corrected chi connectivity index (χ1v) is 29.2. The maximum Gasteiger partial charge on any atom is 0.0621 e. The summed E-state index contributed by atoms with van der Waals surface area (Å²) in [6.45, 7) is 16.6. The van der Waals surface area contributed by atoms with Crippen LogP contribution in [0.1, 0.15) is 247 Å². The van der Waals surface area contributed by atoms with Gasteiger partial charge >= 0.3 is 0 Å². The number of rotatable bonds is 20. The molecule has 0 aromatic carbocycles. The molecule has 0 saturated heterocycles. The SMILES string of the molecule is CCCCOC1CC(N(C2CCC(C)CC2)C2CCC(CCCC)CC2)C2CCC3C(OCCCC)CC(N(C4CCC(C)CC4)C4CCC(CCCC)CC4)C4CCC1C2C34. The van der Waals surface area contributed by atoms with E-state index in [-0.39, 0.29) is 0 Å². The maximum absolute atomic E-state index is 7.36. The van der Waals surface area contributed by atoms with Crippen molar-refractivity contribution in [3.63, 3.8) is 0 Å². The topological polar surface area (TPSA) is 24.9 Å². The third-order valence-electron chi connectivity index (χ3n) is 20.6. The zero-order valence-electron chi connectivity index (χ0n) is 42.1. The van der Waals surface area contributed by atoms with Gasteiger partial charge in [0.15, 0.2) is 0 Å². The molecular weight excluding hydrogens is 757 g/mol. The lowest BCUT2D eigenvalue weighted by atomic mass is 9.45. The zero-order chi connectivity index (χ0) is 43.0. The van der Waals surface area contributed by atoms with E-state index in [9.17, 15) is 0 Å². The Bertz CT molecular complexity index is 1160. The maximum atomic E-state index is 7.36. The van der Waals surface area contributed by atoms with Gasteiger partial charge in [0.05, 0.1) is 12.2 Å². The van der Waals surface area contributed by atoms with Crippen LogP contribution in [0.4, 0.5) is 0 Å². The molecule has 8 aliphatic carbocycles. The van der Waals surface area contributed by atoms with E-state index in [0.717, 1.165) is 109 Å². The second kappa shape index (κ2) is 23.7. The second-order valence-electron chi connectivity index (χ2n) is 24.5. The van der Waals surface area contributed by atoms with Gasteiger partial charge < -0.3 is 9.47 Å². The molecular formula is C58H104N2O2. The summed E-state index contributed by atoms with van der Waals surface area (Å²) < 4.78 is 14.7. The first-order valence-electron chi connectivity index (χ1n) is 29.2. The highest BCUT2D eigenvalue weighted by Gasteiger charge is 2.62. The van der Waals surface area contributed by atoms with Crippen molar-refractivity contribution >= 4 is 0 Å². The molecule has 0 amide bonds. The lowest BCUT2D eigenvalue weighted by Crippen LogP contribution is -2.68. The summed E-state index contributed by atoms with van der Waals surface area (Å²) in [6.07, 6.45) is 46.5. The molecule has 4 nitrogen and oxygen atoms in total. The Kier molecular flexibility index (Phi) is 18.5. The molecule has 358 valence electrons. The molecule has 8 rings (SSSR count). The Morgan fingerprint density at radius 2 is 0.694 bits per heavy atom. The third-order valence-corrected chi connectivity index (χ3v) is 20.6. The van der Waals surface area contributed by atoms with E-state index < -0.39 is 0 Å². The molecule has 8 saturated carbocycles. The van der Waals surface area contributed by atoms with Gasteiger partial charge in [0.2, 0.25) is 0 Å². The lowest BCUT2D eigenvalue weighted by Gasteiger charge is -2.66. The predicted octanol–water partition coefficient (Wildman–Crippen LogP) is 15.4. The molecule has 0 aromatic rings. The van der Waals surface area contributed by atoms with E-state index in [4.69, 9.17) is 9.47 Å². The van der Waals surface area contributed by atoms with Gasteiger partial charge in [0.1, 0.15) is 0 Å². The quantitative estimate of drug-likeness (QED) is 0.114. The summed E-state index contributed by atoms with van der Waals surface area (Å²) in [7, 11) is 0. The molecule has 4 heteroatoms. The van der Waals surface area contributed by atoms with Gasteiger partial charge in [-0.3, -0.25) is 9.80 Å². The molecule has 62 heavy (non-hydrogen) atoms. The standard InChI is InChI=1S/C58H104N2O2/c1-7-11-15-43-21-29-47(30-22-43)59(45-25-17-41(5)18-26-45)53-39-55(61-37-13-9-3)51-36-34-50-54(40-56(62-38-14-10-4)52-35-33-49(53)57(51)58(50)52)60(46-27-19-42(6)20-28-46)48-31-23-44(24-32-48)16-12-8-2/h41-58H,7-40H2,1-6H3. The van der Waals surface area contributed by atoms with E-state index >= 15 is 0 Å². The van der Waals surface area contributed by atoms with Gasteiger partial charge in [-0.25, -0.2) is 0 Å². The number of hydrogen-bond acceptors (Lipinski definition) is 4. The van der Waals surface area contributed by atoms with Crippen LogP contribution in [-0.4, -0.2) is 71.5 Å². The number of nitrogens with zero attached hydrogens (tertiary/aromatic N) is 2. The van der Waals surface area contributed by atoms with Crippen molar-refractivity contribution in [2.24, 2.45) is 59.2 Å². The van der Waals surface area contributed by atoms with Crippen molar-refractivity contribution in [3.8, 4) is 0 Å². The van der Waals surface area contributed by atoms with Crippen molar-refractivity contribution < 1.29 is 9.47 Å². The Labute approximate surface area is 385 Å². The van der Waals surface area contributed by atoms with E-state index in [2.05, 4.69) is 51.3 Å². The highest BCUT2D eigenvalue weighted by molar-refractivity contribution is 5.13. The average Bonchev–Trinajstić information content (AvgIpc) is 3.30. The molecule has 0 bridgehead atoms. The van der Waals surface area contributed by atoms with Gasteiger partial charge in [0.25, 0.3) is 0 Å². The molecule has 0 spiro atoms. The second-order valence-corrected chi connectivity index (χ2v) is 24.5. The fraction of sp³-hybridized carbons (Fsp3) is 1.00. The molecule has 10 atom stereocenters. The monoisotopic (exact) mass is 861 g/mol. The minimum absolute atomic E-state index is 0.465. The molecule has 0 aromatic heterocycles. The molecule has 0 aliphatic heterocycles. The fourth-order valence-corrected chi connectivity index (χ4v) is 17.3. The Morgan fingerprint density at radius 3 is 1.03 bits per heavy atom. The van der Waals surface area contributed by atoms with Crippen LogP contribution in [0.2, 0.25) is 0 Å². The van der Waals surface area contributed by atoms with Crippen molar-refractivity contribution in [2.75, 3.05) is 13.2 Å². The van der Waals surface area contributed by atoms with Crippen molar-refractivity contribution in [2.45, 2.75) is 295 Å². The van der Waals surface area contributed by atoms with E-state index in [0.29, 0.717) is 12.2 Å². The van der Waals surface area contributed by atoms with Crippen LogP contribution in [0.25, 0.3) is 0 Å². The zero-order valence-corrected chi connectivity index (χ0v) is 42.1. The van der Waals surface area contributed by atoms with Gasteiger partial charge in [-0.1, -0.05) is 92.9 Å². The van der Waals surface area contributed by atoms with Crippen LogP contribution in [0.5, 0.6) is 0 Å². The van der Waals surface area contributed by atoms with Crippen LogP contribution in [0, 0.1) is 59.2 Å². The van der Waals surface area contributed by atoms with E-state index in [1.54, 1.807) is 0 Å². The van der Waals surface area contributed by atoms with Gasteiger partial charge in [-0.15, -0.1) is 0 Å². The first-order chi connectivity index (χ1) is 30.4. The van der Waals surface area contributed by atoms with E-state index in [1.165, 1.54) is 205 Å². The summed E-state index contributed by atoms with van der Waals surface area (Å²) >= 11 is 0. The van der Waals surface area contributed by atoms with Crippen molar-refractivity contribution in [1.82, 2.24) is 9.80 Å². The first kappa shape index (κ1) is 48.3. The van der Waals surface area contributed by atoms with Crippen molar-refractivity contribution in [1.29, 1.82) is 0 Å². The lowest BCUT2D eigenvalue weighted by molar-refractivity contribution is -0.212. The normalized spacial score (nSPS) is 43.7. The highest BCUT2D eigenvalue weighted by atomic mass is 16.5. The number of ether oxygens (including phenoxy) is 2. The van der Waals surface area contributed by atoms with Gasteiger partial charge in [-0.2, -0.15) is 0 Å². The van der Waals surface area contributed by atoms with Crippen LogP contribution in [0.3, 0.4) is 0 Å². The summed E-state index contributed by atoms with van der Waals surface area (Å²) in [5.41, 5.74) is 0. The highest BCUT2D eigenvalue weighted by Crippen LogP contribution is 2.63. The van der Waals surface area contributed by atoms with Crippen LogP contribution < -0.4 is 0 Å². The van der Waals surface area contributed by atoms with Crippen molar-refractivity contribution in [3.05, 3.63) is 0 Å². The van der Waals surface area contributed by atoms with E-state index in [1.807, 2.05) is 0 Å². The Morgan fingerprint density at radius 1 is 0.371 bits per heavy atom.